The molecule has 2 fully saturated rings. The number of hydrogen-bond acceptors (Lipinski definition) is 2. The summed E-state index contributed by atoms with van der Waals surface area (Å²) < 4.78 is 0. The minimum absolute atomic E-state index is 0.0683. The van der Waals surface area contributed by atoms with E-state index in [1.54, 1.807) is 0 Å². The van der Waals surface area contributed by atoms with Crippen molar-refractivity contribution in [2.24, 2.45) is 0 Å². The quantitative estimate of drug-likeness (QED) is 0.842. The van der Waals surface area contributed by atoms with Gasteiger partial charge in [-0.1, -0.05) is 42.3 Å². The molecule has 1 saturated heterocycles. The number of carbonyl (C=O) groups excluding carboxylic acids is 2. The fourth-order valence-electron chi connectivity index (χ4n) is 4.05. The SMILES string of the molecule is O=C1CCCN1c1cccc(CNC(=O)C2(c3ccc(Cl)cc3)CCC2)c1. The Bertz CT molecular complexity index is 859. The van der Waals surface area contributed by atoms with Crippen LogP contribution in [0.3, 0.4) is 0 Å². The third-order valence-electron chi connectivity index (χ3n) is 5.79. The zero-order valence-corrected chi connectivity index (χ0v) is 16.0. The molecular formula is C22H23ClN2O2. The Morgan fingerprint density at radius 1 is 1.11 bits per heavy atom. The van der Waals surface area contributed by atoms with E-state index in [1.807, 2.05) is 53.4 Å². The molecule has 5 heteroatoms. The molecule has 1 aliphatic heterocycles. The summed E-state index contributed by atoms with van der Waals surface area (Å²) in [5, 5.41) is 3.79. The molecule has 0 atom stereocenters. The van der Waals surface area contributed by atoms with Crippen LogP contribution in [-0.4, -0.2) is 18.4 Å². The van der Waals surface area contributed by atoms with Crippen LogP contribution in [-0.2, 0) is 21.5 Å². The number of amides is 2. The van der Waals surface area contributed by atoms with Crippen molar-refractivity contribution in [1.82, 2.24) is 5.32 Å². The van der Waals surface area contributed by atoms with E-state index in [2.05, 4.69) is 5.32 Å². The molecule has 4 nitrogen and oxygen atoms in total. The van der Waals surface area contributed by atoms with E-state index in [0.29, 0.717) is 18.0 Å². The minimum Gasteiger partial charge on any atom is -0.351 e. The van der Waals surface area contributed by atoms with Crippen molar-refractivity contribution < 1.29 is 9.59 Å². The molecule has 27 heavy (non-hydrogen) atoms. The molecule has 4 rings (SSSR count). The van der Waals surface area contributed by atoms with Crippen LogP contribution < -0.4 is 10.2 Å². The van der Waals surface area contributed by atoms with Crippen molar-refractivity contribution in [3.05, 3.63) is 64.7 Å². The summed E-state index contributed by atoms with van der Waals surface area (Å²) >= 11 is 5.99. The molecule has 2 amide bonds. The van der Waals surface area contributed by atoms with E-state index in [9.17, 15) is 9.59 Å². The van der Waals surface area contributed by atoms with Gasteiger partial charge in [-0.25, -0.2) is 0 Å². The van der Waals surface area contributed by atoms with Gasteiger partial charge in [-0.05, 0) is 54.7 Å². The summed E-state index contributed by atoms with van der Waals surface area (Å²) in [6.45, 7) is 1.23. The van der Waals surface area contributed by atoms with Crippen molar-refractivity contribution in [3.8, 4) is 0 Å². The van der Waals surface area contributed by atoms with Gasteiger partial charge in [-0.2, -0.15) is 0 Å². The van der Waals surface area contributed by atoms with Gasteiger partial charge in [0.05, 0.1) is 5.41 Å². The number of halogens is 1. The van der Waals surface area contributed by atoms with Gasteiger partial charge < -0.3 is 10.2 Å². The van der Waals surface area contributed by atoms with Crippen molar-refractivity contribution in [1.29, 1.82) is 0 Å². The predicted octanol–water partition coefficient (Wildman–Crippen LogP) is 4.20. The number of anilines is 1. The lowest BCUT2D eigenvalue weighted by molar-refractivity contribution is -0.130. The first-order chi connectivity index (χ1) is 13.1. The van der Waals surface area contributed by atoms with Gasteiger partial charge in [0, 0.05) is 30.2 Å². The summed E-state index contributed by atoms with van der Waals surface area (Å²) in [5.41, 5.74) is 2.52. The minimum atomic E-state index is -0.437. The van der Waals surface area contributed by atoms with Crippen LogP contribution in [0.25, 0.3) is 0 Å². The van der Waals surface area contributed by atoms with E-state index in [1.165, 1.54) is 0 Å². The Morgan fingerprint density at radius 3 is 2.52 bits per heavy atom. The van der Waals surface area contributed by atoms with Gasteiger partial charge in [-0.15, -0.1) is 0 Å². The summed E-state index contributed by atoms with van der Waals surface area (Å²) in [4.78, 5) is 26.8. The highest BCUT2D eigenvalue weighted by Gasteiger charge is 2.45. The molecule has 1 heterocycles. The lowest BCUT2D eigenvalue weighted by atomic mass is 9.64. The Labute approximate surface area is 164 Å². The molecule has 0 unspecified atom stereocenters. The molecule has 0 spiro atoms. The van der Waals surface area contributed by atoms with Crippen molar-refractivity contribution in [2.75, 3.05) is 11.4 Å². The number of rotatable bonds is 5. The summed E-state index contributed by atoms with van der Waals surface area (Å²) in [6.07, 6.45) is 4.31. The van der Waals surface area contributed by atoms with E-state index < -0.39 is 5.41 Å². The van der Waals surface area contributed by atoms with Crippen LogP contribution in [0.5, 0.6) is 0 Å². The standard InChI is InChI=1S/C22H23ClN2O2/c23-18-9-7-17(8-10-18)22(11-3-12-22)21(27)24-15-16-4-1-5-19(14-16)25-13-2-6-20(25)26/h1,4-5,7-10,14H,2-3,6,11-13,15H2,(H,24,27). The van der Waals surface area contributed by atoms with Gasteiger partial charge in [0.25, 0.3) is 0 Å². The predicted molar refractivity (Wildman–Crippen MR) is 107 cm³/mol. The Hall–Kier alpha value is -2.33. The van der Waals surface area contributed by atoms with Crippen LogP contribution in [0.1, 0.15) is 43.2 Å². The summed E-state index contributed by atoms with van der Waals surface area (Å²) in [6, 6.07) is 15.5. The fourth-order valence-corrected chi connectivity index (χ4v) is 4.18. The molecule has 2 aromatic carbocycles. The van der Waals surface area contributed by atoms with Gasteiger partial charge in [0.15, 0.2) is 0 Å². The van der Waals surface area contributed by atoms with E-state index in [-0.39, 0.29) is 11.8 Å². The molecular weight excluding hydrogens is 360 g/mol. The van der Waals surface area contributed by atoms with E-state index in [4.69, 9.17) is 11.6 Å². The number of hydrogen-bond donors (Lipinski definition) is 1. The monoisotopic (exact) mass is 382 g/mol. The third kappa shape index (κ3) is 3.46. The van der Waals surface area contributed by atoms with E-state index >= 15 is 0 Å². The van der Waals surface area contributed by atoms with Crippen LogP contribution in [0, 0.1) is 0 Å². The van der Waals surface area contributed by atoms with Gasteiger partial charge >= 0.3 is 0 Å². The molecule has 2 aliphatic rings. The number of nitrogens with zero attached hydrogens (tertiary/aromatic N) is 1. The van der Waals surface area contributed by atoms with Gasteiger partial charge in [0.1, 0.15) is 0 Å². The van der Waals surface area contributed by atoms with Crippen LogP contribution in [0.2, 0.25) is 5.02 Å². The number of nitrogens with one attached hydrogen (secondary N) is 1. The Balaban J connectivity index is 1.46. The maximum absolute atomic E-state index is 13.0. The maximum Gasteiger partial charge on any atom is 0.230 e. The molecule has 1 N–H and O–H groups in total. The highest BCUT2D eigenvalue weighted by Crippen LogP contribution is 2.44. The topological polar surface area (TPSA) is 49.4 Å². The highest BCUT2D eigenvalue weighted by atomic mass is 35.5. The fraction of sp³-hybridized carbons (Fsp3) is 0.364. The summed E-state index contributed by atoms with van der Waals surface area (Å²) in [5.74, 6) is 0.242. The largest absolute Gasteiger partial charge is 0.351 e. The Morgan fingerprint density at radius 2 is 1.89 bits per heavy atom. The molecule has 140 valence electrons. The van der Waals surface area contributed by atoms with Crippen LogP contribution in [0.4, 0.5) is 5.69 Å². The summed E-state index contributed by atoms with van der Waals surface area (Å²) in [7, 11) is 0. The molecule has 1 saturated carbocycles. The smallest absolute Gasteiger partial charge is 0.230 e. The van der Waals surface area contributed by atoms with E-state index in [0.717, 1.165) is 49.0 Å². The maximum atomic E-state index is 13.0. The second-order valence-electron chi connectivity index (χ2n) is 7.44. The number of carbonyl (C=O) groups is 2. The highest BCUT2D eigenvalue weighted by molar-refractivity contribution is 6.30. The second-order valence-corrected chi connectivity index (χ2v) is 7.88. The zero-order chi connectivity index (χ0) is 18.9. The molecule has 0 bridgehead atoms. The average molecular weight is 383 g/mol. The van der Waals surface area contributed by atoms with Gasteiger partial charge in [0.2, 0.25) is 11.8 Å². The van der Waals surface area contributed by atoms with Crippen LogP contribution in [0.15, 0.2) is 48.5 Å². The lowest BCUT2D eigenvalue weighted by Crippen LogP contribution is -2.49. The van der Waals surface area contributed by atoms with Crippen molar-refractivity contribution >= 4 is 29.1 Å². The van der Waals surface area contributed by atoms with Gasteiger partial charge in [-0.3, -0.25) is 9.59 Å². The lowest BCUT2D eigenvalue weighted by Gasteiger charge is -2.40. The Kier molecular flexibility index (Phi) is 4.92. The van der Waals surface area contributed by atoms with Crippen molar-refractivity contribution in [2.45, 2.75) is 44.1 Å². The molecule has 1 aliphatic carbocycles. The normalized spacial score (nSPS) is 18.3. The molecule has 0 aromatic heterocycles. The average Bonchev–Trinajstić information content (AvgIpc) is 3.07. The first-order valence-electron chi connectivity index (χ1n) is 9.52. The second kappa shape index (κ2) is 7.35. The first-order valence-corrected chi connectivity index (χ1v) is 9.90. The number of benzene rings is 2. The van der Waals surface area contributed by atoms with Crippen LogP contribution >= 0.6 is 11.6 Å². The molecule has 2 aromatic rings. The molecule has 0 radical (unpaired) electrons. The third-order valence-corrected chi connectivity index (χ3v) is 6.04. The van der Waals surface area contributed by atoms with Crippen molar-refractivity contribution in [3.63, 3.8) is 0 Å². The first kappa shape index (κ1) is 18.1. The zero-order valence-electron chi connectivity index (χ0n) is 15.2.